The van der Waals surface area contributed by atoms with E-state index in [0.29, 0.717) is 0 Å². The molecular weight excluding hydrogens is 182 g/mol. The minimum atomic E-state index is 0.794. The maximum absolute atomic E-state index is 3.67. The van der Waals surface area contributed by atoms with Crippen molar-refractivity contribution in [3.63, 3.8) is 0 Å². The van der Waals surface area contributed by atoms with E-state index in [1.165, 1.54) is 38.5 Å². The normalized spacial score (nSPS) is 30.7. The zero-order valence-corrected chi connectivity index (χ0v) is 9.89. The number of nitrogens with one attached hydrogen (secondary N) is 1. The van der Waals surface area contributed by atoms with Crippen LogP contribution in [0.3, 0.4) is 0 Å². The van der Waals surface area contributed by atoms with Gasteiger partial charge in [-0.25, -0.2) is 0 Å². The second kappa shape index (κ2) is 5.56. The molecule has 2 aliphatic rings. The fourth-order valence-electron chi connectivity index (χ4n) is 2.87. The summed E-state index contributed by atoms with van der Waals surface area (Å²) in [4.78, 5) is 0. The fraction of sp³-hybridized carbons (Fsp3) is 0.857. The summed E-state index contributed by atoms with van der Waals surface area (Å²) >= 11 is 0. The first-order chi connectivity index (χ1) is 7.40. The first kappa shape index (κ1) is 11.0. The lowest BCUT2D eigenvalue weighted by atomic mass is 9.83. The number of rotatable bonds is 4. The predicted molar refractivity (Wildman–Crippen MR) is 64.5 cm³/mol. The second-order valence-corrected chi connectivity index (χ2v) is 5.09. The molecule has 0 aromatic rings. The third-order valence-electron chi connectivity index (χ3n) is 3.86. The Kier molecular flexibility index (Phi) is 4.09. The third-order valence-corrected chi connectivity index (χ3v) is 3.86. The van der Waals surface area contributed by atoms with E-state index in [4.69, 9.17) is 0 Å². The largest absolute Gasteiger partial charge is 0.313 e. The summed E-state index contributed by atoms with van der Waals surface area (Å²) in [5.41, 5.74) is 0. The van der Waals surface area contributed by atoms with Gasteiger partial charge in [-0.3, -0.25) is 0 Å². The Bertz CT molecular complexity index is 244. The molecule has 2 saturated carbocycles. The first-order valence-electron chi connectivity index (χ1n) is 6.53. The molecule has 2 rings (SSSR count). The van der Waals surface area contributed by atoms with Gasteiger partial charge < -0.3 is 5.32 Å². The first-order valence-corrected chi connectivity index (χ1v) is 6.53. The average Bonchev–Trinajstić information content (AvgIpc) is 3.09. The highest BCUT2D eigenvalue weighted by molar-refractivity contribution is 4.95. The van der Waals surface area contributed by atoms with Crippen molar-refractivity contribution in [3.05, 3.63) is 0 Å². The molecule has 0 radical (unpaired) electrons. The lowest BCUT2D eigenvalue weighted by Crippen LogP contribution is -2.35. The van der Waals surface area contributed by atoms with E-state index >= 15 is 0 Å². The maximum atomic E-state index is 3.67. The van der Waals surface area contributed by atoms with E-state index in [2.05, 4.69) is 17.2 Å². The van der Waals surface area contributed by atoms with Gasteiger partial charge in [0.2, 0.25) is 0 Å². The molecule has 0 aliphatic heterocycles. The minimum Gasteiger partial charge on any atom is -0.313 e. The molecule has 15 heavy (non-hydrogen) atoms. The predicted octanol–water partition coefficient (Wildman–Crippen LogP) is 2.96. The van der Waals surface area contributed by atoms with Crippen LogP contribution in [-0.4, -0.2) is 12.6 Å². The van der Waals surface area contributed by atoms with Crippen LogP contribution in [0.2, 0.25) is 0 Å². The zero-order chi connectivity index (χ0) is 10.5. The number of hydrogen-bond donors (Lipinski definition) is 1. The quantitative estimate of drug-likeness (QED) is 0.549. The van der Waals surface area contributed by atoms with Crippen LogP contribution in [0.4, 0.5) is 0 Å². The highest BCUT2D eigenvalue weighted by Crippen LogP contribution is 2.43. The summed E-state index contributed by atoms with van der Waals surface area (Å²) in [6.07, 6.45) is 9.81. The average molecular weight is 205 g/mol. The Balaban J connectivity index is 1.65. The molecule has 0 spiro atoms. The second-order valence-electron chi connectivity index (χ2n) is 5.09. The highest BCUT2D eigenvalue weighted by atomic mass is 14.9. The van der Waals surface area contributed by atoms with Crippen molar-refractivity contribution in [2.75, 3.05) is 6.54 Å². The molecule has 2 aliphatic carbocycles. The van der Waals surface area contributed by atoms with Gasteiger partial charge in [-0.05, 0) is 44.4 Å². The molecule has 0 bridgehead atoms. The van der Waals surface area contributed by atoms with Gasteiger partial charge in [0.25, 0.3) is 0 Å². The molecule has 0 aromatic heterocycles. The highest BCUT2D eigenvalue weighted by Gasteiger charge is 2.34. The summed E-state index contributed by atoms with van der Waals surface area (Å²) in [5, 5.41) is 3.67. The van der Waals surface area contributed by atoms with E-state index in [-0.39, 0.29) is 0 Å². The minimum absolute atomic E-state index is 0.794. The molecule has 1 nitrogen and oxygen atoms in total. The Labute approximate surface area is 94.0 Å². The zero-order valence-electron chi connectivity index (χ0n) is 9.89. The summed E-state index contributed by atoms with van der Waals surface area (Å²) in [6.45, 7) is 3.01. The fourth-order valence-corrected chi connectivity index (χ4v) is 2.87. The monoisotopic (exact) mass is 205 g/mol. The SMILES string of the molecule is CC#CCCNC1CCCC(C2CC2)C1. The van der Waals surface area contributed by atoms with E-state index < -0.39 is 0 Å². The molecular formula is C14H23N. The van der Waals surface area contributed by atoms with Crippen LogP contribution in [0.15, 0.2) is 0 Å². The lowest BCUT2D eigenvalue weighted by Gasteiger charge is -2.29. The smallest absolute Gasteiger partial charge is 0.0214 e. The van der Waals surface area contributed by atoms with Gasteiger partial charge in [-0.15, -0.1) is 11.8 Å². The summed E-state index contributed by atoms with van der Waals surface area (Å²) in [7, 11) is 0. The molecule has 0 aromatic carbocycles. The van der Waals surface area contributed by atoms with Gasteiger partial charge in [0.05, 0.1) is 0 Å². The van der Waals surface area contributed by atoms with Crippen molar-refractivity contribution >= 4 is 0 Å². The lowest BCUT2D eigenvalue weighted by molar-refractivity contribution is 0.262. The van der Waals surface area contributed by atoms with Crippen molar-refractivity contribution in [1.82, 2.24) is 5.32 Å². The standard InChI is InChI=1S/C14H23N/c1-2-3-4-10-15-14-7-5-6-13(11-14)12-8-9-12/h12-15H,4-11H2,1H3. The van der Waals surface area contributed by atoms with Gasteiger partial charge in [0.15, 0.2) is 0 Å². The molecule has 2 unspecified atom stereocenters. The molecule has 84 valence electrons. The molecule has 1 heteroatoms. The van der Waals surface area contributed by atoms with Crippen LogP contribution < -0.4 is 5.32 Å². The van der Waals surface area contributed by atoms with E-state index in [9.17, 15) is 0 Å². The van der Waals surface area contributed by atoms with Gasteiger partial charge in [-0.2, -0.15) is 0 Å². The Morgan fingerprint density at radius 1 is 1.13 bits per heavy atom. The molecule has 0 saturated heterocycles. The molecule has 0 amide bonds. The van der Waals surface area contributed by atoms with Crippen molar-refractivity contribution in [1.29, 1.82) is 0 Å². The van der Waals surface area contributed by atoms with Gasteiger partial charge >= 0.3 is 0 Å². The Morgan fingerprint density at radius 3 is 2.73 bits per heavy atom. The molecule has 2 fully saturated rings. The van der Waals surface area contributed by atoms with Crippen LogP contribution in [0.25, 0.3) is 0 Å². The topological polar surface area (TPSA) is 12.0 Å². The van der Waals surface area contributed by atoms with Crippen LogP contribution in [-0.2, 0) is 0 Å². The Morgan fingerprint density at radius 2 is 2.00 bits per heavy atom. The van der Waals surface area contributed by atoms with Crippen LogP contribution in [0, 0.1) is 23.7 Å². The van der Waals surface area contributed by atoms with Gasteiger partial charge in [0, 0.05) is 19.0 Å². The van der Waals surface area contributed by atoms with E-state index in [1.807, 2.05) is 6.92 Å². The Hall–Kier alpha value is -0.480. The van der Waals surface area contributed by atoms with Crippen molar-refractivity contribution in [2.45, 2.75) is 57.9 Å². The van der Waals surface area contributed by atoms with Crippen LogP contribution >= 0.6 is 0 Å². The van der Waals surface area contributed by atoms with Crippen molar-refractivity contribution < 1.29 is 0 Å². The summed E-state index contributed by atoms with van der Waals surface area (Å²) < 4.78 is 0. The van der Waals surface area contributed by atoms with E-state index in [1.54, 1.807) is 0 Å². The number of hydrogen-bond acceptors (Lipinski definition) is 1. The third kappa shape index (κ3) is 3.54. The van der Waals surface area contributed by atoms with Crippen LogP contribution in [0.5, 0.6) is 0 Å². The summed E-state index contributed by atoms with van der Waals surface area (Å²) in [5.74, 6) is 8.23. The maximum Gasteiger partial charge on any atom is 0.0214 e. The molecule has 2 atom stereocenters. The van der Waals surface area contributed by atoms with Crippen molar-refractivity contribution in [2.24, 2.45) is 11.8 Å². The van der Waals surface area contributed by atoms with Gasteiger partial charge in [-0.1, -0.05) is 12.8 Å². The van der Waals surface area contributed by atoms with Gasteiger partial charge in [0.1, 0.15) is 0 Å². The van der Waals surface area contributed by atoms with Crippen LogP contribution in [0.1, 0.15) is 51.9 Å². The molecule has 0 heterocycles. The van der Waals surface area contributed by atoms with E-state index in [0.717, 1.165) is 30.8 Å². The summed E-state index contributed by atoms with van der Waals surface area (Å²) in [6, 6.07) is 0.794. The molecule has 1 N–H and O–H groups in total. The van der Waals surface area contributed by atoms with Crippen molar-refractivity contribution in [3.8, 4) is 11.8 Å².